The fraction of sp³-hybridized carbons (Fsp3) is 0.267. The van der Waals surface area contributed by atoms with Crippen LogP contribution in [0.25, 0.3) is 0 Å². The van der Waals surface area contributed by atoms with Crippen molar-refractivity contribution >= 4 is 33.0 Å². The van der Waals surface area contributed by atoms with Crippen molar-refractivity contribution in [3.8, 4) is 0 Å². The average Bonchev–Trinajstić information content (AvgIpc) is 2.99. The molecular weight excluding hydrogens is 339 g/mol. The Morgan fingerprint density at radius 1 is 1.26 bits per heavy atom. The highest BCUT2D eigenvalue weighted by Gasteiger charge is 2.24. The van der Waals surface area contributed by atoms with Gasteiger partial charge in [0, 0.05) is 24.2 Å². The smallest absolute Gasteiger partial charge is 0.265 e. The normalized spacial score (nSPS) is 11.7. The van der Waals surface area contributed by atoms with Gasteiger partial charge in [0.1, 0.15) is 5.82 Å². The molecule has 2 aromatic rings. The van der Waals surface area contributed by atoms with Gasteiger partial charge in [0.25, 0.3) is 5.91 Å². The molecule has 0 bridgehead atoms. The van der Waals surface area contributed by atoms with E-state index in [2.05, 4.69) is 5.32 Å². The lowest BCUT2D eigenvalue weighted by Crippen LogP contribution is -2.30. The van der Waals surface area contributed by atoms with Crippen molar-refractivity contribution in [2.24, 2.45) is 0 Å². The van der Waals surface area contributed by atoms with Crippen LogP contribution in [0.2, 0.25) is 0 Å². The monoisotopic (exact) mass is 356 g/mol. The Hall–Kier alpha value is -1.77. The molecule has 0 spiro atoms. The standard InChI is InChI=1S/C15H17FN2O3S2/c1-3-18(4-2)23(20,21)13-9-14(22-10-13)15(19)17-12-7-5-6-11(16)8-12/h5-10H,3-4H2,1-2H3,(H,17,19). The molecule has 0 radical (unpaired) electrons. The zero-order valence-electron chi connectivity index (χ0n) is 12.7. The van der Waals surface area contributed by atoms with Crippen LogP contribution in [0.4, 0.5) is 10.1 Å². The molecule has 23 heavy (non-hydrogen) atoms. The number of hydrogen-bond acceptors (Lipinski definition) is 4. The van der Waals surface area contributed by atoms with Crippen molar-refractivity contribution in [3.05, 3.63) is 46.4 Å². The minimum atomic E-state index is -3.59. The van der Waals surface area contributed by atoms with Crippen LogP contribution in [0.15, 0.2) is 40.6 Å². The number of rotatable bonds is 6. The van der Waals surface area contributed by atoms with E-state index >= 15 is 0 Å². The highest BCUT2D eigenvalue weighted by Crippen LogP contribution is 2.23. The molecule has 1 aromatic heterocycles. The molecule has 0 aliphatic rings. The maximum absolute atomic E-state index is 13.1. The Morgan fingerprint density at radius 3 is 2.57 bits per heavy atom. The topological polar surface area (TPSA) is 66.5 Å². The highest BCUT2D eigenvalue weighted by molar-refractivity contribution is 7.89. The third-order valence-electron chi connectivity index (χ3n) is 3.22. The molecule has 0 saturated heterocycles. The van der Waals surface area contributed by atoms with E-state index in [1.165, 1.54) is 34.0 Å². The number of thiophene rings is 1. The molecule has 0 saturated carbocycles. The van der Waals surface area contributed by atoms with E-state index in [9.17, 15) is 17.6 Å². The van der Waals surface area contributed by atoms with Gasteiger partial charge in [-0.25, -0.2) is 12.8 Å². The van der Waals surface area contributed by atoms with Crippen LogP contribution >= 0.6 is 11.3 Å². The number of halogens is 1. The van der Waals surface area contributed by atoms with Crippen LogP contribution < -0.4 is 5.32 Å². The molecule has 124 valence electrons. The van der Waals surface area contributed by atoms with E-state index in [-0.39, 0.29) is 9.77 Å². The number of benzene rings is 1. The first-order valence-electron chi connectivity index (χ1n) is 7.04. The quantitative estimate of drug-likeness (QED) is 0.864. The van der Waals surface area contributed by atoms with Gasteiger partial charge in [-0.3, -0.25) is 4.79 Å². The van der Waals surface area contributed by atoms with Crippen LogP contribution in [0.1, 0.15) is 23.5 Å². The fourth-order valence-corrected chi connectivity index (χ4v) is 4.66. The van der Waals surface area contributed by atoms with Crippen molar-refractivity contribution < 1.29 is 17.6 Å². The summed E-state index contributed by atoms with van der Waals surface area (Å²) in [5.74, 6) is -0.930. The summed E-state index contributed by atoms with van der Waals surface area (Å²) in [6, 6.07) is 6.85. The molecular formula is C15H17FN2O3S2. The van der Waals surface area contributed by atoms with Gasteiger partial charge in [0.2, 0.25) is 10.0 Å². The predicted molar refractivity (Wildman–Crippen MR) is 88.8 cm³/mol. The van der Waals surface area contributed by atoms with Crippen LogP contribution in [0, 0.1) is 5.82 Å². The van der Waals surface area contributed by atoms with Gasteiger partial charge in [0.15, 0.2) is 0 Å². The first-order valence-corrected chi connectivity index (χ1v) is 9.36. The maximum Gasteiger partial charge on any atom is 0.265 e. The summed E-state index contributed by atoms with van der Waals surface area (Å²) in [6.07, 6.45) is 0. The number of carbonyl (C=O) groups is 1. The van der Waals surface area contributed by atoms with Crippen molar-refractivity contribution in [1.29, 1.82) is 0 Å². The molecule has 0 atom stereocenters. The lowest BCUT2D eigenvalue weighted by molar-refractivity contribution is 0.103. The van der Waals surface area contributed by atoms with Gasteiger partial charge in [-0.1, -0.05) is 19.9 Å². The molecule has 0 aliphatic carbocycles. The predicted octanol–water partition coefficient (Wildman–Crippen LogP) is 3.17. The fourth-order valence-electron chi connectivity index (χ4n) is 2.04. The number of carbonyl (C=O) groups excluding carboxylic acids is 1. The van der Waals surface area contributed by atoms with Gasteiger partial charge in [-0.05, 0) is 24.3 Å². The first-order chi connectivity index (χ1) is 10.9. The number of hydrogen-bond donors (Lipinski definition) is 1. The third-order valence-corrected chi connectivity index (χ3v) is 6.33. The molecule has 1 amide bonds. The molecule has 1 aromatic carbocycles. The maximum atomic E-state index is 13.1. The summed E-state index contributed by atoms with van der Waals surface area (Å²) in [5, 5.41) is 3.98. The van der Waals surface area contributed by atoms with E-state index in [1.54, 1.807) is 19.9 Å². The van der Waals surface area contributed by atoms with Gasteiger partial charge >= 0.3 is 0 Å². The van der Waals surface area contributed by atoms with E-state index in [0.29, 0.717) is 18.8 Å². The first kappa shape index (κ1) is 17.6. The zero-order chi connectivity index (χ0) is 17.0. The largest absolute Gasteiger partial charge is 0.321 e. The number of anilines is 1. The van der Waals surface area contributed by atoms with Crippen LogP contribution in [0.5, 0.6) is 0 Å². The average molecular weight is 356 g/mol. The van der Waals surface area contributed by atoms with E-state index < -0.39 is 21.7 Å². The molecule has 1 heterocycles. The highest BCUT2D eigenvalue weighted by atomic mass is 32.2. The van der Waals surface area contributed by atoms with Crippen LogP contribution in [-0.4, -0.2) is 31.7 Å². The van der Waals surface area contributed by atoms with Crippen molar-refractivity contribution in [1.82, 2.24) is 4.31 Å². The zero-order valence-corrected chi connectivity index (χ0v) is 14.4. The van der Waals surface area contributed by atoms with E-state index in [0.717, 1.165) is 11.3 Å². The Morgan fingerprint density at radius 2 is 1.96 bits per heavy atom. The minimum absolute atomic E-state index is 0.0931. The Labute approximate surface area is 138 Å². The molecule has 1 N–H and O–H groups in total. The summed E-state index contributed by atoms with van der Waals surface area (Å²) >= 11 is 1.03. The Kier molecular flexibility index (Phi) is 5.51. The minimum Gasteiger partial charge on any atom is -0.321 e. The van der Waals surface area contributed by atoms with Crippen LogP contribution in [0.3, 0.4) is 0 Å². The summed E-state index contributed by atoms with van der Waals surface area (Å²) in [6.45, 7) is 4.23. The summed E-state index contributed by atoms with van der Waals surface area (Å²) < 4.78 is 39.2. The lowest BCUT2D eigenvalue weighted by Gasteiger charge is -2.17. The van der Waals surface area contributed by atoms with Crippen LogP contribution in [-0.2, 0) is 10.0 Å². The van der Waals surface area contributed by atoms with Gasteiger partial charge in [0.05, 0.1) is 9.77 Å². The van der Waals surface area contributed by atoms with Crippen molar-refractivity contribution in [2.75, 3.05) is 18.4 Å². The van der Waals surface area contributed by atoms with Gasteiger partial charge in [-0.2, -0.15) is 4.31 Å². The molecule has 0 aliphatic heterocycles. The number of nitrogens with zero attached hydrogens (tertiary/aromatic N) is 1. The molecule has 5 nitrogen and oxygen atoms in total. The second-order valence-electron chi connectivity index (χ2n) is 4.70. The second-order valence-corrected chi connectivity index (χ2v) is 7.55. The Bertz CT molecular complexity index is 799. The van der Waals surface area contributed by atoms with E-state index in [1.807, 2.05) is 0 Å². The van der Waals surface area contributed by atoms with Gasteiger partial charge < -0.3 is 5.32 Å². The lowest BCUT2D eigenvalue weighted by atomic mass is 10.3. The molecule has 8 heteroatoms. The number of sulfonamides is 1. The Balaban J connectivity index is 2.20. The molecule has 0 unspecified atom stereocenters. The van der Waals surface area contributed by atoms with Gasteiger partial charge in [-0.15, -0.1) is 11.3 Å². The van der Waals surface area contributed by atoms with Crippen molar-refractivity contribution in [3.63, 3.8) is 0 Å². The molecule has 2 rings (SSSR count). The third kappa shape index (κ3) is 3.95. The number of nitrogens with one attached hydrogen (secondary N) is 1. The molecule has 0 fully saturated rings. The summed E-state index contributed by atoms with van der Waals surface area (Å²) in [4.78, 5) is 12.5. The second kappa shape index (κ2) is 7.20. The summed E-state index contributed by atoms with van der Waals surface area (Å²) in [5.41, 5.74) is 0.316. The number of amides is 1. The van der Waals surface area contributed by atoms with Crippen molar-refractivity contribution in [2.45, 2.75) is 18.7 Å². The SMILES string of the molecule is CCN(CC)S(=O)(=O)c1csc(C(=O)Nc2cccc(F)c2)c1. The van der Waals surface area contributed by atoms with E-state index in [4.69, 9.17) is 0 Å². The summed E-state index contributed by atoms with van der Waals surface area (Å²) in [7, 11) is -3.59.